The average Bonchev–Trinajstić information content (AvgIpc) is 3.35. The van der Waals surface area contributed by atoms with Crippen LogP contribution in [0.15, 0.2) is 53.6 Å². The second-order valence-corrected chi connectivity index (χ2v) is 17.9. The van der Waals surface area contributed by atoms with Crippen LogP contribution in [0.4, 0.5) is 24.8 Å². The number of hydrogen-bond acceptors (Lipinski definition) is 9. The molecule has 3 heterocycles. The Kier molecular flexibility index (Phi) is 7.19. The van der Waals surface area contributed by atoms with Crippen molar-refractivity contribution < 1.29 is 30.0 Å². The van der Waals surface area contributed by atoms with Crippen molar-refractivity contribution in [2.24, 2.45) is 17.8 Å². The molecule has 5 aliphatic rings. The minimum Gasteiger partial charge on any atom is -0.351 e. The van der Waals surface area contributed by atoms with Gasteiger partial charge in [-0.1, -0.05) is 12.1 Å². The van der Waals surface area contributed by atoms with Crippen LogP contribution in [0.5, 0.6) is 0 Å². The first kappa shape index (κ1) is 30.8. The van der Waals surface area contributed by atoms with Gasteiger partial charge < -0.3 is 5.32 Å². The number of rotatable bonds is 8. The van der Waals surface area contributed by atoms with Crippen LogP contribution in [-0.2, 0) is 25.3 Å². The third-order valence-electron chi connectivity index (χ3n) is 10.3. The molecule has 246 valence electrons. The van der Waals surface area contributed by atoms with Crippen molar-refractivity contribution in [3.63, 3.8) is 0 Å². The summed E-state index contributed by atoms with van der Waals surface area (Å²) >= 11 is 1.44. The largest absolute Gasteiger partial charge is 0.351 e. The lowest BCUT2D eigenvalue weighted by Gasteiger charge is -2.45. The number of sulfonamides is 1. The van der Waals surface area contributed by atoms with Crippen molar-refractivity contribution in [2.45, 2.75) is 54.9 Å². The topological polar surface area (TPSA) is 131 Å². The van der Waals surface area contributed by atoms with Crippen LogP contribution < -0.4 is 10.0 Å². The van der Waals surface area contributed by atoms with Gasteiger partial charge in [0.05, 0.1) is 33.5 Å². The molecule has 2 aromatic carbocycles. The van der Waals surface area contributed by atoms with E-state index in [1.165, 1.54) is 29.5 Å². The van der Waals surface area contributed by atoms with Gasteiger partial charge in [-0.3, -0.25) is 4.72 Å². The zero-order valence-corrected chi connectivity index (χ0v) is 27.4. The van der Waals surface area contributed by atoms with E-state index in [2.05, 4.69) is 10.3 Å². The number of fused-ring (bicyclic) bond motifs is 4. The molecular weight excluding hydrogens is 672 g/mol. The SMILES string of the molecule is O=S1(=O)C[C@@H]2[C@H](C1)[C@@H]2Nc1nccc(-c2sc(C34CCC(CC3)CC4)nc2-c2cccc(NS(=O)(=O)c3c(F)cccc3F)c2F)n1. The third-order valence-corrected chi connectivity index (χ3v) is 14.8. The number of nitrogens with one attached hydrogen (secondary N) is 2. The third kappa shape index (κ3) is 5.39. The van der Waals surface area contributed by atoms with Crippen molar-refractivity contribution in [3.05, 3.63) is 71.1 Å². The molecule has 1 saturated heterocycles. The number of aromatic nitrogens is 3. The summed E-state index contributed by atoms with van der Waals surface area (Å²) in [7, 11) is -7.84. The summed E-state index contributed by atoms with van der Waals surface area (Å²) in [5.74, 6) is -2.18. The van der Waals surface area contributed by atoms with E-state index in [4.69, 9.17) is 9.97 Å². The number of halogens is 3. The van der Waals surface area contributed by atoms with Crippen molar-refractivity contribution in [1.82, 2.24) is 15.0 Å². The van der Waals surface area contributed by atoms with Crippen molar-refractivity contribution in [3.8, 4) is 21.8 Å². The van der Waals surface area contributed by atoms with E-state index in [1.54, 1.807) is 12.3 Å². The highest BCUT2D eigenvalue weighted by Gasteiger charge is 2.59. The van der Waals surface area contributed by atoms with Gasteiger partial charge in [0, 0.05) is 23.2 Å². The smallest absolute Gasteiger partial charge is 0.267 e. The fourth-order valence-corrected chi connectivity index (χ4v) is 12.4. The standard InChI is InChI=1S/C32H30F3N5O4S3/c33-21-4-2-5-22(34)29(21)47(43,44)40-23-6-1-3-18(25(23)35)27-28(45-30(38-27)32-11-7-17(8-12-32)9-13-32)24-10-14-36-31(37-24)39-26-19-15-46(41,42)16-20(19)26/h1-6,10,14,17,19-20,26,40H,7-9,11-13,15-16H2,(H,36,37,39)/t17?,19-,20+,26-,32?. The quantitative estimate of drug-likeness (QED) is 0.223. The Morgan fingerprint density at radius 3 is 2.23 bits per heavy atom. The molecule has 0 unspecified atom stereocenters. The number of anilines is 2. The molecule has 4 saturated carbocycles. The van der Waals surface area contributed by atoms with E-state index in [0.717, 1.165) is 61.7 Å². The van der Waals surface area contributed by atoms with Crippen molar-refractivity contribution in [2.75, 3.05) is 21.5 Å². The number of sulfone groups is 1. The van der Waals surface area contributed by atoms with Crippen LogP contribution in [0.25, 0.3) is 21.8 Å². The summed E-state index contributed by atoms with van der Waals surface area (Å²) in [4.78, 5) is 13.5. The van der Waals surface area contributed by atoms with Crippen LogP contribution in [0.2, 0.25) is 0 Å². The predicted octanol–water partition coefficient (Wildman–Crippen LogP) is 6.16. The van der Waals surface area contributed by atoms with Gasteiger partial charge in [0.15, 0.2) is 20.5 Å². The Morgan fingerprint density at radius 2 is 1.55 bits per heavy atom. The molecule has 9 rings (SSSR count). The molecular formula is C32H30F3N5O4S3. The molecule has 3 atom stereocenters. The Morgan fingerprint density at radius 1 is 0.894 bits per heavy atom. The fourth-order valence-electron chi connectivity index (χ4n) is 7.67. The maximum absolute atomic E-state index is 16.3. The molecule has 0 spiro atoms. The molecule has 9 nitrogen and oxygen atoms in total. The van der Waals surface area contributed by atoms with Gasteiger partial charge >= 0.3 is 0 Å². The minimum atomic E-state index is -4.83. The van der Waals surface area contributed by atoms with Gasteiger partial charge in [0.2, 0.25) is 5.95 Å². The summed E-state index contributed by atoms with van der Waals surface area (Å²) in [6.07, 6.45) is 7.81. The summed E-state index contributed by atoms with van der Waals surface area (Å²) in [5.41, 5.74) is 0.145. The molecule has 47 heavy (non-hydrogen) atoms. The van der Waals surface area contributed by atoms with E-state index in [-0.39, 0.29) is 46.1 Å². The predicted molar refractivity (Wildman–Crippen MR) is 172 cm³/mol. The number of hydrogen-bond donors (Lipinski definition) is 2. The lowest BCUT2D eigenvalue weighted by Crippen LogP contribution is -2.37. The molecule has 2 bridgehead atoms. The highest BCUT2D eigenvalue weighted by atomic mass is 32.2. The molecule has 2 aromatic heterocycles. The first-order valence-corrected chi connectivity index (χ1v) is 19.6. The maximum atomic E-state index is 16.3. The second-order valence-electron chi connectivity index (χ2n) is 13.1. The van der Waals surface area contributed by atoms with Crippen LogP contribution in [0.1, 0.15) is 43.5 Å². The molecule has 0 radical (unpaired) electrons. The van der Waals surface area contributed by atoms with E-state index in [1.807, 2.05) is 4.72 Å². The monoisotopic (exact) mass is 701 g/mol. The maximum Gasteiger partial charge on any atom is 0.267 e. The van der Waals surface area contributed by atoms with E-state index in [0.29, 0.717) is 22.4 Å². The Hall–Kier alpha value is -3.56. The fraction of sp³-hybridized carbons (Fsp3) is 0.406. The van der Waals surface area contributed by atoms with Crippen molar-refractivity contribution >= 4 is 42.8 Å². The van der Waals surface area contributed by atoms with Crippen molar-refractivity contribution in [1.29, 1.82) is 0 Å². The Labute approximate surface area is 274 Å². The minimum absolute atomic E-state index is 0.00709. The Bertz CT molecular complexity index is 2080. The molecule has 4 aliphatic carbocycles. The normalized spacial score (nSPS) is 27.4. The highest BCUT2D eigenvalue weighted by Crippen LogP contribution is 2.54. The number of benzene rings is 2. The van der Waals surface area contributed by atoms with Gasteiger partial charge in [0.25, 0.3) is 10.0 Å². The molecule has 5 fully saturated rings. The molecule has 4 aromatic rings. The van der Waals surface area contributed by atoms with Crippen LogP contribution >= 0.6 is 11.3 Å². The first-order valence-electron chi connectivity index (χ1n) is 15.5. The molecule has 0 amide bonds. The van der Waals surface area contributed by atoms with E-state index in [9.17, 15) is 25.6 Å². The zero-order valence-electron chi connectivity index (χ0n) is 24.9. The lowest BCUT2D eigenvalue weighted by atomic mass is 9.61. The number of nitrogens with zero attached hydrogens (tertiary/aromatic N) is 3. The summed E-state index contributed by atoms with van der Waals surface area (Å²) in [5, 5.41) is 4.15. The average molecular weight is 702 g/mol. The molecule has 1 aliphatic heterocycles. The van der Waals surface area contributed by atoms with Crippen LogP contribution in [0.3, 0.4) is 0 Å². The van der Waals surface area contributed by atoms with Gasteiger partial charge in [-0.15, -0.1) is 11.3 Å². The van der Waals surface area contributed by atoms with E-state index < -0.39 is 47.9 Å². The van der Waals surface area contributed by atoms with Crippen LogP contribution in [0, 0.1) is 35.2 Å². The van der Waals surface area contributed by atoms with Gasteiger partial charge in [-0.25, -0.2) is 45.0 Å². The highest BCUT2D eigenvalue weighted by molar-refractivity contribution is 7.92. The number of thiazole rings is 1. The van der Waals surface area contributed by atoms with Gasteiger partial charge in [-0.2, -0.15) is 0 Å². The second kappa shape index (κ2) is 11.0. The molecule has 2 N–H and O–H groups in total. The summed E-state index contributed by atoms with van der Waals surface area (Å²) < 4.78 is 97.1. The molecule has 15 heteroatoms. The van der Waals surface area contributed by atoms with E-state index >= 15 is 4.39 Å². The summed E-state index contributed by atoms with van der Waals surface area (Å²) in [6.45, 7) is 0. The van der Waals surface area contributed by atoms with Crippen LogP contribution in [-0.4, -0.2) is 49.3 Å². The Balaban J connectivity index is 1.18. The lowest BCUT2D eigenvalue weighted by molar-refractivity contribution is 0.135. The zero-order chi connectivity index (χ0) is 32.7. The first-order chi connectivity index (χ1) is 22.4. The van der Waals surface area contributed by atoms with Gasteiger partial charge in [0.1, 0.15) is 16.6 Å². The van der Waals surface area contributed by atoms with Gasteiger partial charge in [-0.05, 0) is 86.6 Å². The summed E-state index contributed by atoms with van der Waals surface area (Å²) in [6, 6.07) is 8.45.